The molecule has 1 fully saturated rings. The summed E-state index contributed by atoms with van der Waals surface area (Å²) >= 11 is 0. The van der Waals surface area contributed by atoms with Gasteiger partial charge >= 0.3 is 5.97 Å². The lowest BCUT2D eigenvalue weighted by molar-refractivity contribution is 0.0160. The molecule has 1 unspecified atom stereocenters. The minimum Gasteiger partial charge on any atom is -0.462 e. The molecule has 2 aromatic heterocycles. The van der Waals surface area contributed by atoms with Gasteiger partial charge in [-0.05, 0) is 69.9 Å². The van der Waals surface area contributed by atoms with Crippen LogP contribution in [0.15, 0.2) is 12.1 Å². The monoisotopic (exact) mass is 454 g/mol. The number of carbonyl (C=O) groups excluding carboxylic acids is 2. The summed E-state index contributed by atoms with van der Waals surface area (Å²) in [7, 11) is 0. The number of ether oxygens (including phenoxy) is 2. The van der Waals surface area contributed by atoms with Gasteiger partial charge in [0.25, 0.3) is 5.91 Å². The molecule has 2 aliphatic heterocycles. The number of amides is 1. The molecule has 8 nitrogen and oxygen atoms in total. The summed E-state index contributed by atoms with van der Waals surface area (Å²) in [6.45, 7) is 10.8. The summed E-state index contributed by atoms with van der Waals surface area (Å²) in [5.74, 6) is -0.315. The molecular formula is C25H34N4O4. The lowest BCUT2D eigenvalue weighted by atomic mass is 9.75. The number of nitrogens with zero attached hydrogens (tertiary/aromatic N) is 3. The van der Waals surface area contributed by atoms with Gasteiger partial charge in [-0.3, -0.25) is 14.5 Å². The van der Waals surface area contributed by atoms with Crippen LogP contribution in [0.2, 0.25) is 0 Å². The van der Waals surface area contributed by atoms with E-state index >= 15 is 0 Å². The normalized spacial score (nSPS) is 18.4. The third kappa shape index (κ3) is 5.11. The number of nitrogens with one attached hydrogen (secondary N) is 1. The van der Waals surface area contributed by atoms with Gasteiger partial charge in [0.15, 0.2) is 0 Å². The largest absolute Gasteiger partial charge is 0.462 e. The Kier molecular flexibility index (Phi) is 6.83. The first-order valence-corrected chi connectivity index (χ1v) is 11.9. The highest BCUT2D eigenvalue weighted by Crippen LogP contribution is 2.38. The molecule has 2 aliphatic rings. The first kappa shape index (κ1) is 23.4. The lowest BCUT2D eigenvalue weighted by Gasteiger charge is -2.36. The Hall–Kier alpha value is -2.74. The SMILES string of the molecule is CCn1nc(CC(C)COC(=O)c2cc(C)nc(C)c2)c2c1C(=O)NCC1(CCOCC1)C2. The quantitative estimate of drug-likeness (QED) is 0.674. The van der Waals surface area contributed by atoms with Crippen molar-refractivity contribution >= 4 is 11.9 Å². The zero-order valence-electron chi connectivity index (χ0n) is 20.1. The van der Waals surface area contributed by atoms with Crippen LogP contribution in [0.5, 0.6) is 0 Å². The van der Waals surface area contributed by atoms with Gasteiger partial charge in [-0.2, -0.15) is 5.10 Å². The Morgan fingerprint density at radius 1 is 1.27 bits per heavy atom. The van der Waals surface area contributed by atoms with E-state index in [2.05, 4.69) is 17.2 Å². The molecule has 0 saturated carbocycles. The van der Waals surface area contributed by atoms with Gasteiger partial charge in [0.2, 0.25) is 0 Å². The van der Waals surface area contributed by atoms with Crippen molar-refractivity contribution in [2.24, 2.45) is 11.3 Å². The minimum absolute atomic E-state index is 0.0162. The number of aryl methyl sites for hydroxylation is 3. The second-order valence-electron chi connectivity index (χ2n) is 9.61. The molecule has 0 aromatic carbocycles. The smallest absolute Gasteiger partial charge is 0.338 e. The molecule has 0 bridgehead atoms. The van der Waals surface area contributed by atoms with Crippen molar-refractivity contribution in [3.8, 4) is 0 Å². The molecule has 1 saturated heterocycles. The molecule has 1 spiro atoms. The third-order valence-electron chi connectivity index (χ3n) is 6.74. The summed E-state index contributed by atoms with van der Waals surface area (Å²) in [5, 5.41) is 7.94. The Bertz CT molecular complexity index is 1020. The minimum atomic E-state index is -0.339. The molecule has 4 rings (SSSR count). The molecule has 1 atom stereocenters. The molecule has 0 aliphatic carbocycles. The van der Waals surface area contributed by atoms with Crippen molar-refractivity contribution < 1.29 is 19.1 Å². The highest BCUT2D eigenvalue weighted by atomic mass is 16.5. The number of rotatable bonds is 6. The fourth-order valence-electron chi connectivity index (χ4n) is 4.97. The van der Waals surface area contributed by atoms with Crippen molar-refractivity contribution in [1.29, 1.82) is 0 Å². The Labute approximate surface area is 195 Å². The average molecular weight is 455 g/mol. The maximum atomic E-state index is 13.0. The van der Waals surface area contributed by atoms with Crippen LogP contribution in [0.25, 0.3) is 0 Å². The van der Waals surface area contributed by atoms with E-state index in [0.717, 1.165) is 55.1 Å². The number of aromatic nitrogens is 3. The molecular weight excluding hydrogens is 420 g/mol. The van der Waals surface area contributed by atoms with Crippen LogP contribution in [0.3, 0.4) is 0 Å². The second kappa shape index (κ2) is 9.63. The molecule has 2 aromatic rings. The van der Waals surface area contributed by atoms with Crippen LogP contribution >= 0.6 is 0 Å². The molecule has 8 heteroatoms. The molecule has 0 radical (unpaired) electrons. The van der Waals surface area contributed by atoms with E-state index in [4.69, 9.17) is 14.6 Å². The van der Waals surface area contributed by atoms with Crippen LogP contribution in [-0.2, 0) is 28.9 Å². The zero-order valence-corrected chi connectivity index (χ0v) is 20.1. The van der Waals surface area contributed by atoms with Crippen molar-refractivity contribution in [3.05, 3.63) is 46.0 Å². The van der Waals surface area contributed by atoms with Crippen LogP contribution in [-0.4, -0.2) is 53.0 Å². The van der Waals surface area contributed by atoms with E-state index in [1.54, 1.807) is 12.1 Å². The number of hydrogen-bond donors (Lipinski definition) is 1. The van der Waals surface area contributed by atoms with Gasteiger partial charge in [-0.25, -0.2) is 4.79 Å². The maximum absolute atomic E-state index is 13.0. The summed E-state index contributed by atoms with van der Waals surface area (Å²) in [4.78, 5) is 29.8. The van der Waals surface area contributed by atoms with E-state index in [0.29, 0.717) is 30.8 Å². The van der Waals surface area contributed by atoms with E-state index in [9.17, 15) is 9.59 Å². The summed E-state index contributed by atoms with van der Waals surface area (Å²) < 4.78 is 13.0. The van der Waals surface area contributed by atoms with Crippen LogP contribution < -0.4 is 5.32 Å². The third-order valence-corrected chi connectivity index (χ3v) is 6.74. The Morgan fingerprint density at radius 2 is 1.97 bits per heavy atom. The molecule has 4 heterocycles. The predicted molar refractivity (Wildman–Crippen MR) is 123 cm³/mol. The van der Waals surface area contributed by atoms with E-state index < -0.39 is 0 Å². The van der Waals surface area contributed by atoms with Crippen molar-refractivity contribution in [1.82, 2.24) is 20.1 Å². The summed E-state index contributed by atoms with van der Waals surface area (Å²) in [6.07, 6.45) is 3.33. The van der Waals surface area contributed by atoms with Crippen molar-refractivity contribution in [2.45, 2.75) is 59.9 Å². The van der Waals surface area contributed by atoms with E-state index in [1.807, 2.05) is 25.5 Å². The standard InChI is InChI=1S/C25H34N4O4/c1-5-29-22-20(13-25(15-26-23(22)30)6-8-32-9-7-25)21(28-29)10-16(2)14-33-24(31)19-11-17(3)27-18(4)12-19/h11-12,16H,5-10,13-15H2,1-4H3,(H,26,30). The van der Waals surface area contributed by atoms with Gasteiger partial charge in [0.05, 0.1) is 17.9 Å². The fraction of sp³-hybridized carbons (Fsp3) is 0.600. The number of carbonyl (C=O) groups is 2. The summed E-state index contributed by atoms with van der Waals surface area (Å²) in [6, 6.07) is 3.49. The van der Waals surface area contributed by atoms with Gasteiger partial charge in [0.1, 0.15) is 5.69 Å². The van der Waals surface area contributed by atoms with Crippen LogP contribution in [0, 0.1) is 25.2 Å². The summed E-state index contributed by atoms with van der Waals surface area (Å²) in [5.41, 5.74) is 4.80. The van der Waals surface area contributed by atoms with Crippen LogP contribution in [0.1, 0.15) is 70.2 Å². The highest BCUT2D eigenvalue weighted by Gasteiger charge is 2.39. The van der Waals surface area contributed by atoms with Gasteiger partial charge < -0.3 is 14.8 Å². The zero-order chi connectivity index (χ0) is 23.6. The molecule has 33 heavy (non-hydrogen) atoms. The van der Waals surface area contributed by atoms with E-state index in [-0.39, 0.29) is 29.8 Å². The average Bonchev–Trinajstić information content (AvgIpc) is 3.05. The van der Waals surface area contributed by atoms with Crippen molar-refractivity contribution in [3.63, 3.8) is 0 Å². The first-order valence-electron chi connectivity index (χ1n) is 11.9. The topological polar surface area (TPSA) is 95.3 Å². The lowest BCUT2D eigenvalue weighted by Crippen LogP contribution is -2.40. The maximum Gasteiger partial charge on any atom is 0.338 e. The number of pyridine rings is 1. The highest BCUT2D eigenvalue weighted by molar-refractivity contribution is 5.94. The fourth-order valence-corrected chi connectivity index (χ4v) is 4.97. The second-order valence-corrected chi connectivity index (χ2v) is 9.61. The molecule has 178 valence electrons. The first-order chi connectivity index (χ1) is 15.8. The van der Waals surface area contributed by atoms with Gasteiger partial charge in [-0.15, -0.1) is 0 Å². The predicted octanol–water partition coefficient (Wildman–Crippen LogP) is 3.03. The van der Waals surface area contributed by atoms with Crippen LogP contribution in [0.4, 0.5) is 0 Å². The Morgan fingerprint density at radius 3 is 2.64 bits per heavy atom. The van der Waals surface area contributed by atoms with Gasteiger partial charge in [-0.1, -0.05) is 6.92 Å². The Balaban J connectivity index is 1.50. The molecule has 1 N–H and O–H groups in total. The number of esters is 1. The van der Waals surface area contributed by atoms with E-state index in [1.165, 1.54) is 0 Å². The van der Waals surface area contributed by atoms with Crippen molar-refractivity contribution in [2.75, 3.05) is 26.4 Å². The number of hydrogen-bond acceptors (Lipinski definition) is 6. The molecule has 1 amide bonds. The number of fused-ring (bicyclic) bond motifs is 1. The van der Waals surface area contributed by atoms with Gasteiger partial charge in [0, 0.05) is 43.3 Å².